The van der Waals surface area contributed by atoms with Crippen molar-refractivity contribution in [2.45, 2.75) is 43.9 Å². The van der Waals surface area contributed by atoms with Crippen LogP contribution in [0, 0.1) is 0 Å². The predicted molar refractivity (Wildman–Crippen MR) is 89.0 cm³/mol. The highest BCUT2D eigenvalue weighted by molar-refractivity contribution is 8.14. The Morgan fingerprint density at radius 2 is 2.18 bits per heavy atom. The molecule has 1 fully saturated rings. The highest BCUT2D eigenvalue weighted by Gasteiger charge is 2.32. The lowest BCUT2D eigenvalue weighted by molar-refractivity contribution is 0.468. The van der Waals surface area contributed by atoms with Crippen molar-refractivity contribution in [1.82, 2.24) is 14.8 Å². The number of nitrogens with one attached hydrogen (secondary N) is 1. The van der Waals surface area contributed by atoms with E-state index in [4.69, 9.17) is 0 Å². The summed E-state index contributed by atoms with van der Waals surface area (Å²) < 4.78 is 2.01. The molecule has 0 saturated heterocycles. The molecule has 0 amide bonds. The third-order valence-electron chi connectivity index (χ3n) is 4.43. The van der Waals surface area contributed by atoms with Gasteiger partial charge in [0.2, 0.25) is 0 Å². The van der Waals surface area contributed by atoms with Crippen LogP contribution in [0.4, 0.5) is 5.82 Å². The largest absolute Gasteiger partial charge is 0.271 e. The van der Waals surface area contributed by atoms with Crippen molar-refractivity contribution < 1.29 is 0 Å². The van der Waals surface area contributed by atoms with E-state index >= 15 is 0 Å². The van der Waals surface area contributed by atoms with Gasteiger partial charge in [-0.3, -0.25) is 19.6 Å². The van der Waals surface area contributed by atoms with Crippen LogP contribution in [0.15, 0.2) is 34.3 Å². The molecule has 2 aliphatic rings. The van der Waals surface area contributed by atoms with E-state index in [1.54, 1.807) is 18.0 Å². The predicted octanol–water partition coefficient (Wildman–Crippen LogP) is 3.57. The molecule has 1 aliphatic heterocycles. The minimum atomic E-state index is -0.0207. The van der Waals surface area contributed by atoms with Crippen LogP contribution in [-0.2, 0) is 0 Å². The molecular weight excluding hydrogens is 296 g/mol. The summed E-state index contributed by atoms with van der Waals surface area (Å²) in [5.41, 5.74) is 1.81. The van der Waals surface area contributed by atoms with Crippen LogP contribution in [0.3, 0.4) is 0 Å². The number of fused-ring (bicyclic) bond motifs is 1. The zero-order valence-electron chi connectivity index (χ0n) is 12.5. The lowest BCUT2D eigenvalue weighted by atomic mass is 10.1. The number of hydrogen-bond acceptors (Lipinski definition) is 4. The molecule has 0 radical (unpaired) electrons. The number of aromatic nitrogens is 3. The van der Waals surface area contributed by atoms with Gasteiger partial charge in [0.1, 0.15) is 0 Å². The Labute approximate surface area is 132 Å². The molecule has 0 aromatic carbocycles. The van der Waals surface area contributed by atoms with Crippen molar-refractivity contribution in [3.05, 3.63) is 46.0 Å². The summed E-state index contributed by atoms with van der Waals surface area (Å²) in [6.45, 7) is 2.01. The van der Waals surface area contributed by atoms with E-state index in [9.17, 15) is 4.79 Å². The van der Waals surface area contributed by atoms with Crippen molar-refractivity contribution in [2.75, 3.05) is 0 Å². The Bertz CT molecular complexity index is 771. The Morgan fingerprint density at radius 3 is 2.91 bits per heavy atom. The molecule has 0 spiro atoms. The molecule has 4 rings (SSSR count). The molecule has 1 unspecified atom stereocenters. The SMILES string of the molecule is CC1=Nc2c(c(=O)[nH]n2C2CCCC2)C(c2cccnc2)S1. The standard InChI is InChI=1S/C16H18N4OS/c1-10-18-15-13(14(22-10)11-5-4-8-17-9-11)16(21)19-20(15)12-6-2-3-7-12/h4-5,8-9,12,14H,2-3,6-7H2,1H3,(H,19,21). The summed E-state index contributed by atoms with van der Waals surface area (Å²) in [5.74, 6) is 0.821. The summed E-state index contributed by atoms with van der Waals surface area (Å²) in [6, 6.07) is 4.32. The van der Waals surface area contributed by atoms with E-state index in [-0.39, 0.29) is 10.8 Å². The minimum Gasteiger partial charge on any atom is -0.268 e. The second kappa shape index (κ2) is 5.43. The number of H-pyrrole nitrogens is 1. The average molecular weight is 314 g/mol. The number of rotatable bonds is 2. The lowest BCUT2D eigenvalue weighted by Gasteiger charge is -2.21. The fourth-order valence-corrected chi connectivity index (χ4v) is 4.49. The second-order valence-corrected chi connectivity index (χ2v) is 7.20. The van der Waals surface area contributed by atoms with Gasteiger partial charge in [-0.25, -0.2) is 4.99 Å². The van der Waals surface area contributed by atoms with E-state index in [1.807, 2.05) is 29.9 Å². The van der Waals surface area contributed by atoms with Gasteiger partial charge in [0.15, 0.2) is 5.82 Å². The molecule has 1 aliphatic carbocycles. The fraction of sp³-hybridized carbons (Fsp3) is 0.438. The van der Waals surface area contributed by atoms with Crippen LogP contribution >= 0.6 is 11.8 Å². The van der Waals surface area contributed by atoms with E-state index in [2.05, 4.69) is 15.1 Å². The smallest absolute Gasteiger partial charge is 0.268 e. The first kappa shape index (κ1) is 13.8. The Morgan fingerprint density at radius 1 is 1.36 bits per heavy atom. The van der Waals surface area contributed by atoms with Crippen LogP contribution in [0.2, 0.25) is 0 Å². The maximum absolute atomic E-state index is 12.6. The third-order valence-corrected chi connectivity index (χ3v) is 5.60. The number of aromatic amines is 1. The summed E-state index contributed by atoms with van der Waals surface area (Å²) in [6.07, 6.45) is 8.29. The quantitative estimate of drug-likeness (QED) is 0.921. The molecule has 114 valence electrons. The Balaban J connectivity index is 1.86. The van der Waals surface area contributed by atoms with Gasteiger partial charge in [-0.05, 0) is 31.4 Å². The first-order chi connectivity index (χ1) is 10.7. The molecule has 1 N–H and O–H groups in total. The maximum Gasteiger partial charge on any atom is 0.271 e. The van der Waals surface area contributed by atoms with Crippen LogP contribution in [0.25, 0.3) is 0 Å². The molecule has 0 bridgehead atoms. The first-order valence-electron chi connectivity index (χ1n) is 7.70. The van der Waals surface area contributed by atoms with Crippen molar-refractivity contribution in [1.29, 1.82) is 0 Å². The highest BCUT2D eigenvalue weighted by Crippen LogP contribution is 2.45. The van der Waals surface area contributed by atoms with Crippen LogP contribution in [-0.4, -0.2) is 19.8 Å². The lowest BCUT2D eigenvalue weighted by Crippen LogP contribution is -2.13. The number of nitrogens with zero attached hydrogens (tertiary/aromatic N) is 3. The molecular formula is C16H18N4OS. The van der Waals surface area contributed by atoms with Crippen molar-refractivity contribution in [2.24, 2.45) is 4.99 Å². The van der Waals surface area contributed by atoms with Crippen LogP contribution in [0.5, 0.6) is 0 Å². The number of aliphatic imine (C=N–C) groups is 1. The molecule has 1 atom stereocenters. The molecule has 2 aromatic heterocycles. The Hall–Kier alpha value is -1.82. The zero-order valence-corrected chi connectivity index (χ0v) is 13.3. The van der Waals surface area contributed by atoms with Gasteiger partial charge >= 0.3 is 0 Å². The molecule has 1 saturated carbocycles. The average Bonchev–Trinajstić information content (AvgIpc) is 3.16. The maximum atomic E-state index is 12.6. The van der Waals surface area contributed by atoms with Crippen LogP contribution < -0.4 is 5.56 Å². The summed E-state index contributed by atoms with van der Waals surface area (Å²) in [7, 11) is 0. The van der Waals surface area contributed by atoms with E-state index in [0.29, 0.717) is 6.04 Å². The molecule has 2 aromatic rings. The minimum absolute atomic E-state index is 0.0143. The molecule has 6 heteroatoms. The van der Waals surface area contributed by atoms with Gasteiger partial charge in [-0.1, -0.05) is 30.7 Å². The van der Waals surface area contributed by atoms with Gasteiger partial charge in [0.05, 0.1) is 21.9 Å². The van der Waals surface area contributed by atoms with E-state index in [0.717, 1.165) is 34.8 Å². The highest BCUT2D eigenvalue weighted by atomic mass is 32.2. The van der Waals surface area contributed by atoms with Gasteiger partial charge in [-0.2, -0.15) is 0 Å². The number of pyridine rings is 1. The van der Waals surface area contributed by atoms with Gasteiger partial charge in [0, 0.05) is 12.4 Å². The number of hydrogen-bond donors (Lipinski definition) is 1. The fourth-order valence-electron chi connectivity index (χ4n) is 3.40. The second-order valence-electron chi connectivity index (χ2n) is 5.90. The summed E-state index contributed by atoms with van der Waals surface area (Å²) in [5, 5.41) is 4.01. The van der Waals surface area contributed by atoms with E-state index < -0.39 is 0 Å². The normalized spacial score (nSPS) is 21.7. The molecule has 3 heterocycles. The topological polar surface area (TPSA) is 63.0 Å². The first-order valence-corrected chi connectivity index (χ1v) is 8.58. The van der Waals surface area contributed by atoms with Crippen molar-refractivity contribution in [3.8, 4) is 0 Å². The van der Waals surface area contributed by atoms with Gasteiger partial charge < -0.3 is 0 Å². The third kappa shape index (κ3) is 2.22. The summed E-state index contributed by atoms with van der Waals surface area (Å²) >= 11 is 1.63. The van der Waals surface area contributed by atoms with Gasteiger partial charge in [-0.15, -0.1) is 0 Å². The van der Waals surface area contributed by atoms with Crippen molar-refractivity contribution >= 4 is 22.6 Å². The monoisotopic (exact) mass is 314 g/mol. The molecule has 22 heavy (non-hydrogen) atoms. The Kier molecular flexibility index (Phi) is 3.41. The van der Waals surface area contributed by atoms with E-state index in [1.165, 1.54) is 12.8 Å². The summed E-state index contributed by atoms with van der Waals surface area (Å²) in [4.78, 5) is 21.4. The van der Waals surface area contributed by atoms with Crippen molar-refractivity contribution in [3.63, 3.8) is 0 Å². The van der Waals surface area contributed by atoms with Gasteiger partial charge in [0.25, 0.3) is 5.56 Å². The van der Waals surface area contributed by atoms with Crippen LogP contribution in [0.1, 0.15) is 55.0 Å². The zero-order chi connectivity index (χ0) is 15.1. The number of thioether (sulfide) groups is 1. The molecule has 5 nitrogen and oxygen atoms in total.